The number of aromatic hydroxyl groups is 1. The number of aliphatic hydroxyl groups excluding tert-OH is 1. The monoisotopic (exact) mass is 403 g/mol. The van der Waals surface area contributed by atoms with Crippen LogP contribution in [-0.2, 0) is 9.47 Å². The normalized spacial score (nSPS) is 12.7. The van der Waals surface area contributed by atoms with E-state index in [1.807, 2.05) is 0 Å². The highest BCUT2D eigenvalue weighted by molar-refractivity contribution is 6.02. The van der Waals surface area contributed by atoms with Crippen LogP contribution in [0.5, 0.6) is 11.5 Å². The van der Waals surface area contributed by atoms with Crippen LogP contribution in [-0.4, -0.2) is 48.6 Å². The molecule has 0 aliphatic rings. The van der Waals surface area contributed by atoms with E-state index in [1.54, 1.807) is 43.3 Å². The Morgan fingerprint density at radius 2 is 1.86 bits per heavy atom. The zero-order chi connectivity index (χ0) is 21.2. The van der Waals surface area contributed by atoms with Gasteiger partial charge in [-0.15, -0.1) is 0 Å². The number of phenols is 1. The summed E-state index contributed by atoms with van der Waals surface area (Å²) in [5.74, 6) is -0.494. The second-order valence-electron chi connectivity index (χ2n) is 6.08. The predicted octanol–water partition coefficient (Wildman–Crippen LogP) is 2.80. The number of alkyl carbamates (subject to hydrolysis) is 1. The standard InChI is InChI=1S/C21H25NO7/c1-3-28-18(11-12-23)19(15-9-10-17(27-2)16(24)13-15)29-21(26)22-20(25)14-7-5-4-6-8-14/h4-10,13,18-19,23-24H,3,11-12H2,1-2H3,(H,22,25,26)/t18-,19-/m1/s1. The van der Waals surface area contributed by atoms with E-state index in [2.05, 4.69) is 5.32 Å². The minimum Gasteiger partial charge on any atom is -0.504 e. The number of phenolic OH excluding ortho intramolecular Hbond substituents is 1. The van der Waals surface area contributed by atoms with Crippen LogP contribution in [0.3, 0.4) is 0 Å². The molecule has 2 rings (SSSR count). The number of carbonyl (C=O) groups excluding carboxylic acids is 2. The second-order valence-corrected chi connectivity index (χ2v) is 6.08. The molecule has 8 heteroatoms. The maximum absolute atomic E-state index is 12.4. The number of methoxy groups -OCH3 is 1. The Balaban J connectivity index is 2.23. The lowest BCUT2D eigenvalue weighted by Gasteiger charge is -2.27. The quantitative estimate of drug-likeness (QED) is 0.590. The fourth-order valence-electron chi connectivity index (χ4n) is 2.81. The topological polar surface area (TPSA) is 114 Å². The van der Waals surface area contributed by atoms with Crippen LogP contribution in [0.4, 0.5) is 4.79 Å². The van der Waals surface area contributed by atoms with Gasteiger partial charge in [0, 0.05) is 25.2 Å². The van der Waals surface area contributed by atoms with Crippen molar-refractivity contribution in [1.82, 2.24) is 5.32 Å². The van der Waals surface area contributed by atoms with Gasteiger partial charge in [-0.25, -0.2) is 4.79 Å². The number of rotatable bonds is 9. The van der Waals surface area contributed by atoms with Gasteiger partial charge in [-0.3, -0.25) is 10.1 Å². The summed E-state index contributed by atoms with van der Waals surface area (Å²) in [5.41, 5.74) is 0.734. The van der Waals surface area contributed by atoms with E-state index in [-0.39, 0.29) is 24.5 Å². The van der Waals surface area contributed by atoms with Crippen molar-refractivity contribution >= 4 is 12.0 Å². The highest BCUT2D eigenvalue weighted by atomic mass is 16.6. The van der Waals surface area contributed by atoms with Gasteiger partial charge in [0.05, 0.1) is 7.11 Å². The third-order valence-corrected chi connectivity index (χ3v) is 4.15. The van der Waals surface area contributed by atoms with Gasteiger partial charge in [0.2, 0.25) is 0 Å². The van der Waals surface area contributed by atoms with E-state index >= 15 is 0 Å². The Morgan fingerprint density at radius 1 is 1.14 bits per heavy atom. The van der Waals surface area contributed by atoms with E-state index in [9.17, 15) is 19.8 Å². The number of ether oxygens (including phenoxy) is 3. The van der Waals surface area contributed by atoms with E-state index in [0.29, 0.717) is 17.7 Å². The van der Waals surface area contributed by atoms with Gasteiger partial charge in [-0.1, -0.05) is 24.3 Å². The number of aliphatic hydroxyl groups is 1. The van der Waals surface area contributed by atoms with Crippen molar-refractivity contribution in [3.63, 3.8) is 0 Å². The van der Waals surface area contributed by atoms with E-state index in [0.717, 1.165) is 0 Å². The number of nitrogens with one attached hydrogen (secondary N) is 1. The van der Waals surface area contributed by atoms with Crippen molar-refractivity contribution < 1.29 is 34.0 Å². The molecule has 0 aliphatic carbocycles. The molecule has 0 aliphatic heterocycles. The Hall–Kier alpha value is -3.10. The first-order valence-electron chi connectivity index (χ1n) is 9.16. The molecule has 0 heterocycles. The molecular formula is C21H25NO7. The highest BCUT2D eigenvalue weighted by Crippen LogP contribution is 2.33. The number of amides is 2. The zero-order valence-corrected chi connectivity index (χ0v) is 16.3. The van der Waals surface area contributed by atoms with Crippen LogP contribution in [0.2, 0.25) is 0 Å². The molecule has 0 unspecified atom stereocenters. The fraction of sp³-hybridized carbons (Fsp3) is 0.333. The van der Waals surface area contributed by atoms with Gasteiger partial charge >= 0.3 is 6.09 Å². The second kappa shape index (κ2) is 11.0. The number of hydrogen-bond donors (Lipinski definition) is 3. The molecule has 156 valence electrons. The molecule has 2 atom stereocenters. The van der Waals surface area contributed by atoms with E-state index in [1.165, 1.54) is 19.2 Å². The van der Waals surface area contributed by atoms with Gasteiger partial charge in [-0.05, 0) is 36.8 Å². The minimum atomic E-state index is -0.971. The Bertz CT molecular complexity index is 804. The lowest BCUT2D eigenvalue weighted by atomic mass is 10.0. The van der Waals surface area contributed by atoms with Gasteiger partial charge < -0.3 is 24.4 Å². The van der Waals surface area contributed by atoms with Crippen LogP contribution in [0.1, 0.15) is 35.4 Å². The van der Waals surface area contributed by atoms with Crippen molar-refractivity contribution in [1.29, 1.82) is 0 Å². The summed E-state index contributed by atoms with van der Waals surface area (Å²) >= 11 is 0. The van der Waals surface area contributed by atoms with Gasteiger partial charge in [0.1, 0.15) is 6.10 Å². The summed E-state index contributed by atoms with van der Waals surface area (Å²) in [6.07, 6.45) is -2.44. The first kappa shape index (κ1) is 22.2. The van der Waals surface area contributed by atoms with Crippen LogP contribution < -0.4 is 10.1 Å². The van der Waals surface area contributed by atoms with Crippen LogP contribution in [0, 0.1) is 0 Å². The molecule has 29 heavy (non-hydrogen) atoms. The molecule has 0 saturated heterocycles. The summed E-state index contributed by atoms with van der Waals surface area (Å²) in [7, 11) is 1.42. The molecule has 0 spiro atoms. The fourth-order valence-corrected chi connectivity index (χ4v) is 2.81. The first-order chi connectivity index (χ1) is 14.0. The van der Waals surface area contributed by atoms with Gasteiger partial charge in [0.15, 0.2) is 17.6 Å². The van der Waals surface area contributed by atoms with Crippen LogP contribution in [0.15, 0.2) is 48.5 Å². The Morgan fingerprint density at radius 3 is 2.45 bits per heavy atom. The molecule has 0 fully saturated rings. The molecule has 2 amide bonds. The van der Waals surface area contributed by atoms with Crippen molar-refractivity contribution in [3.05, 3.63) is 59.7 Å². The average molecular weight is 403 g/mol. The first-order valence-corrected chi connectivity index (χ1v) is 9.16. The lowest BCUT2D eigenvalue weighted by Crippen LogP contribution is -2.35. The maximum atomic E-state index is 12.4. The summed E-state index contributed by atoms with van der Waals surface area (Å²) in [5, 5.41) is 21.6. The number of hydrogen-bond acceptors (Lipinski definition) is 7. The molecule has 2 aromatic carbocycles. The molecule has 0 aromatic heterocycles. The number of imide groups is 1. The molecule has 0 radical (unpaired) electrons. The van der Waals surface area contributed by atoms with Crippen molar-refractivity contribution in [2.75, 3.05) is 20.3 Å². The average Bonchev–Trinajstić information content (AvgIpc) is 2.72. The maximum Gasteiger partial charge on any atom is 0.414 e. The van der Waals surface area contributed by atoms with Crippen molar-refractivity contribution in [2.24, 2.45) is 0 Å². The Kier molecular flexibility index (Phi) is 8.45. The third kappa shape index (κ3) is 6.20. The molecular weight excluding hydrogens is 378 g/mol. The largest absolute Gasteiger partial charge is 0.504 e. The predicted molar refractivity (Wildman–Crippen MR) is 105 cm³/mol. The number of benzene rings is 2. The van der Waals surface area contributed by atoms with E-state index in [4.69, 9.17) is 14.2 Å². The Labute approximate surface area is 169 Å². The summed E-state index contributed by atoms with van der Waals surface area (Å²) in [6, 6.07) is 12.8. The molecule has 8 nitrogen and oxygen atoms in total. The minimum absolute atomic E-state index is 0.140. The molecule has 3 N–H and O–H groups in total. The van der Waals surface area contributed by atoms with Gasteiger partial charge in [0.25, 0.3) is 5.91 Å². The van der Waals surface area contributed by atoms with Crippen LogP contribution in [0.25, 0.3) is 0 Å². The van der Waals surface area contributed by atoms with Crippen molar-refractivity contribution in [2.45, 2.75) is 25.6 Å². The summed E-state index contributed by atoms with van der Waals surface area (Å²) in [6.45, 7) is 1.89. The zero-order valence-electron chi connectivity index (χ0n) is 16.3. The molecule has 0 bridgehead atoms. The summed E-state index contributed by atoms with van der Waals surface area (Å²) in [4.78, 5) is 24.6. The number of carbonyl (C=O) groups is 2. The van der Waals surface area contributed by atoms with Gasteiger partial charge in [-0.2, -0.15) is 0 Å². The molecule has 0 saturated carbocycles. The van der Waals surface area contributed by atoms with Crippen molar-refractivity contribution in [3.8, 4) is 11.5 Å². The highest BCUT2D eigenvalue weighted by Gasteiger charge is 2.29. The smallest absolute Gasteiger partial charge is 0.414 e. The SMILES string of the molecule is CCO[C@H](CCO)[C@H](OC(=O)NC(=O)c1ccccc1)c1ccc(OC)c(O)c1. The van der Waals surface area contributed by atoms with Crippen LogP contribution >= 0.6 is 0 Å². The third-order valence-electron chi connectivity index (χ3n) is 4.15. The lowest BCUT2D eigenvalue weighted by molar-refractivity contribution is -0.0510. The molecule has 2 aromatic rings. The summed E-state index contributed by atoms with van der Waals surface area (Å²) < 4.78 is 16.1. The van der Waals surface area contributed by atoms with E-state index < -0.39 is 24.2 Å².